The molecule has 106 valence electrons. The number of aryl methyl sites for hydroxylation is 1. The van der Waals surface area contributed by atoms with E-state index in [-0.39, 0.29) is 5.02 Å². The summed E-state index contributed by atoms with van der Waals surface area (Å²) in [4.78, 5) is 4.31. The van der Waals surface area contributed by atoms with Gasteiger partial charge < -0.3 is 5.73 Å². The van der Waals surface area contributed by atoms with E-state index in [0.29, 0.717) is 28.3 Å². The normalized spacial score (nSPS) is 10.8. The maximum atomic E-state index is 13.3. The molecule has 0 aliphatic rings. The summed E-state index contributed by atoms with van der Waals surface area (Å²) in [5.74, 6) is 0.0212. The molecule has 2 heterocycles. The third-order valence-corrected chi connectivity index (χ3v) is 3.50. The Bertz CT molecular complexity index is 799. The second-order valence-corrected chi connectivity index (χ2v) is 4.98. The lowest BCUT2D eigenvalue weighted by molar-refractivity contribution is 0.628. The topological polar surface area (TPSA) is 56.7 Å². The Hall–Kier alpha value is -2.40. The van der Waals surface area contributed by atoms with Gasteiger partial charge in [0.2, 0.25) is 0 Å². The van der Waals surface area contributed by atoms with E-state index in [9.17, 15) is 4.39 Å². The number of nitrogens with two attached hydrogens (primary N) is 1. The van der Waals surface area contributed by atoms with Gasteiger partial charge in [-0.25, -0.2) is 4.39 Å². The van der Waals surface area contributed by atoms with E-state index in [2.05, 4.69) is 10.1 Å². The summed E-state index contributed by atoms with van der Waals surface area (Å²) < 4.78 is 14.9. The first-order valence-corrected chi connectivity index (χ1v) is 6.65. The fourth-order valence-electron chi connectivity index (χ4n) is 2.15. The number of nitrogen functional groups attached to an aromatic ring is 1. The van der Waals surface area contributed by atoms with E-state index >= 15 is 0 Å². The highest BCUT2D eigenvalue weighted by Gasteiger charge is 2.18. The lowest BCUT2D eigenvalue weighted by Crippen LogP contribution is -1.98. The molecule has 2 aromatic heterocycles. The number of aromatic nitrogens is 3. The first kappa shape index (κ1) is 13.6. The van der Waals surface area contributed by atoms with Crippen LogP contribution >= 0.6 is 11.6 Å². The van der Waals surface area contributed by atoms with Crippen molar-refractivity contribution in [3.05, 3.63) is 53.4 Å². The number of hydrogen-bond acceptors (Lipinski definition) is 3. The number of nitrogens with zero attached hydrogens (tertiary/aromatic N) is 3. The molecule has 0 bridgehead atoms. The molecule has 0 saturated heterocycles. The summed E-state index contributed by atoms with van der Waals surface area (Å²) in [6.45, 7) is 0. The molecule has 0 spiro atoms. The van der Waals surface area contributed by atoms with Crippen molar-refractivity contribution in [2.24, 2.45) is 7.05 Å². The maximum Gasteiger partial charge on any atom is 0.141 e. The molecule has 0 amide bonds. The Labute approximate surface area is 126 Å². The molecule has 1 aromatic carbocycles. The smallest absolute Gasteiger partial charge is 0.141 e. The van der Waals surface area contributed by atoms with Gasteiger partial charge in [0.05, 0.1) is 16.3 Å². The summed E-state index contributed by atoms with van der Waals surface area (Å²) in [7, 11) is 1.75. The summed E-state index contributed by atoms with van der Waals surface area (Å²) in [6.07, 6.45) is 1.68. The van der Waals surface area contributed by atoms with Gasteiger partial charge in [0.1, 0.15) is 17.3 Å². The van der Waals surface area contributed by atoms with E-state index in [1.54, 1.807) is 24.0 Å². The second-order valence-electron chi connectivity index (χ2n) is 4.58. The van der Waals surface area contributed by atoms with Crippen molar-refractivity contribution in [2.75, 3.05) is 5.73 Å². The van der Waals surface area contributed by atoms with Gasteiger partial charge in [-0.15, -0.1) is 0 Å². The standard InChI is InChI=1S/C15H12ClFN4/c1-21-15(18)13(12-4-2-3-7-19-12)14(20-21)9-5-6-11(17)10(16)8-9/h2-8H,18H2,1H3. The van der Waals surface area contributed by atoms with E-state index in [4.69, 9.17) is 17.3 Å². The summed E-state index contributed by atoms with van der Waals surface area (Å²) >= 11 is 5.85. The van der Waals surface area contributed by atoms with Gasteiger partial charge in [0, 0.05) is 18.8 Å². The third kappa shape index (κ3) is 2.36. The lowest BCUT2D eigenvalue weighted by atomic mass is 10.0. The number of halogens is 2. The molecule has 0 fully saturated rings. The largest absolute Gasteiger partial charge is 0.383 e. The molecule has 0 saturated carbocycles. The highest BCUT2D eigenvalue weighted by atomic mass is 35.5. The number of rotatable bonds is 2. The molecule has 0 unspecified atom stereocenters. The van der Waals surface area contributed by atoms with E-state index in [1.165, 1.54) is 12.1 Å². The molecule has 6 heteroatoms. The molecule has 0 radical (unpaired) electrons. The van der Waals surface area contributed by atoms with Crippen molar-refractivity contribution in [1.82, 2.24) is 14.8 Å². The van der Waals surface area contributed by atoms with Crippen LogP contribution in [0.15, 0.2) is 42.6 Å². The molecular weight excluding hydrogens is 291 g/mol. The molecule has 3 rings (SSSR count). The second kappa shape index (κ2) is 5.18. The van der Waals surface area contributed by atoms with Gasteiger partial charge in [-0.1, -0.05) is 17.7 Å². The zero-order valence-corrected chi connectivity index (χ0v) is 12.0. The predicted octanol–water partition coefficient (Wildman–Crippen LogP) is 3.52. The van der Waals surface area contributed by atoms with Crippen LogP contribution in [0, 0.1) is 5.82 Å². The minimum absolute atomic E-state index is 0.0451. The quantitative estimate of drug-likeness (QED) is 0.788. The average molecular weight is 303 g/mol. The number of anilines is 1. The van der Waals surface area contributed by atoms with E-state index in [0.717, 1.165) is 0 Å². The lowest BCUT2D eigenvalue weighted by Gasteiger charge is -2.04. The number of benzene rings is 1. The van der Waals surface area contributed by atoms with Crippen LogP contribution < -0.4 is 5.73 Å². The molecule has 0 atom stereocenters. The molecular formula is C15H12ClFN4. The first-order chi connectivity index (χ1) is 10.1. The Morgan fingerprint density at radius 3 is 2.71 bits per heavy atom. The van der Waals surface area contributed by atoms with Crippen LogP contribution in [-0.2, 0) is 7.05 Å². The van der Waals surface area contributed by atoms with Crippen molar-refractivity contribution in [1.29, 1.82) is 0 Å². The molecule has 0 aliphatic carbocycles. The highest BCUT2D eigenvalue weighted by Crippen LogP contribution is 2.35. The zero-order chi connectivity index (χ0) is 15.0. The van der Waals surface area contributed by atoms with Crippen LogP contribution in [0.3, 0.4) is 0 Å². The number of pyridine rings is 1. The average Bonchev–Trinajstić information content (AvgIpc) is 2.79. The Kier molecular flexibility index (Phi) is 3.35. The van der Waals surface area contributed by atoms with Gasteiger partial charge in [0.25, 0.3) is 0 Å². The molecule has 3 aromatic rings. The molecule has 21 heavy (non-hydrogen) atoms. The third-order valence-electron chi connectivity index (χ3n) is 3.21. The van der Waals surface area contributed by atoms with Gasteiger partial charge in [0.15, 0.2) is 0 Å². The van der Waals surface area contributed by atoms with Crippen molar-refractivity contribution < 1.29 is 4.39 Å². The van der Waals surface area contributed by atoms with Gasteiger partial charge in [-0.3, -0.25) is 9.67 Å². The number of hydrogen-bond donors (Lipinski definition) is 1. The van der Waals surface area contributed by atoms with Crippen LogP contribution in [0.1, 0.15) is 0 Å². The Morgan fingerprint density at radius 2 is 2.05 bits per heavy atom. The first-order valence-electron chi connectivity index (χ1n) is 6.27. The van der Waals surface area contributed by atoms with Crippen molar-refractivity contribution in [3.63, 3.8) is 0 Å². The molecule has 2 N–H and O–H groups in total. The summed E-state index contributed by atoms with van der Waals surface area (Å²) in [5.41, 5.74) is 8.82. The Morgan fingerprint density at radius 1 is 1.24 bits per heavy atom. The molecule has 0 aliphatic heterocycles. The SMILES string of the molecule is Cn1nc(-c2ccc(F)c(Cl)c2)c(-c2ccccn2)c1N. The summed E-state index contributed by atoms with van der Waals surface area (Å²) in [6, 6.07) is 10.0. The van der Waals surface area contributed by atoms with Crippen molar-refractivity contribution in [2.45, 2.75) is 0 Å². The van der Waals surface area contributed by atoms with Crippen molar-refractivity contribution >= 4 is 17.4 Å². The fraction of sp³-hybridized carbons (Fsp3) is 0.0667. The van der Waals surface area contributed by atoms with Gasteiger partial charge in [-0.2, -0.15) is 5.10 Å². The van der Waals surface area contributed by atoms with Crippen LogP contribution in [0.25, 0.3) is 22.5 Å². The van der Waals surface area contributed by atoms with Crippen LogP contribution in [-0.4, -0.2) is 14.8 Å². The fourth-order valence-corrected chi connectivity index (χ4v) is 2.33. The minimum Gasteiger partial charge on any atom is -0.383 e. The van der Waals surface area contributed by atoms with E-state index in [1.807, 2.05) is 18.2 Å². The highest BCUT2D eigenvalue weighted by molar-refractivity contribution is 6.31. The van der Waals surface area contributed by atoms with Crippen molar-refractivity contribution in [3.8, 4) is 22.5 Å². The predicted molar refractivity (Wildman–Crippen MR) is 81.3 cm³/mol. The van der Waals surface area contributed by atoms with Crippen LogP contribution in [0.4, 0.5) is 10.2 Å². The van der Waals surface area contributed by atoms with Gasteiger partial charge in [-0.05, 0) is 30.3 Å². The molecule has 4 nitrogen and oxygen atoms in total. The maximum absolute atomic E-state index is 13.3. The van der Waals surface area contributed by atoms with E-state index < -0.39 is 5.82 Å². The monoisotopic (exact) mass is 302 g/mol. The Balaban J connectivity index is 2.24. The summed E-state index contributed by atoms with van der Waals surface area (Å²) in [5, 5.41) is 4.44. The van der Waals surface area contributed by atoms with Gasteiger partial charge >= 0.3 is 0 Å². The minimum atomic E-state index is -0.469. The van der Waals surface area contributed by atoms with Crippen LogP contribution in [0.2, 0.25) is 5.02 Å². The zero-order valence-electron chi connectivity index (χ0n) is 11.2. The van der Waals surface area contributed by atoms with Crippen LogP contribution in [0.5, 0.6) is 0 Å².